The Morgan fingerprint density at radius 1 is 1.39 bits per heavy atom. The topological polar surface area (TPSA) is 46.3 Å². The van der Waals surface area contributed by atoms with E-state index in [1.165, 1.54) is 11.9 Å². The maximum atomic E-state index is 13.8. The minimum absolute atomic E-state index is 0.234. The minimum atomic E-state index is -1.00. The third kappa shape index (κ3) is 2.44. The maximum absolute atomic E-state index is 13.8. The van der Waals surface area contributed by atoms with E-state index in [2.05, 4.69) is 0 Å². The second-order valence-corrected chi connectivity index (χ2v) is 4.86. The molecule has 0 saturated carbocycles. The van der Waals surface area contributed by atoms with Crippen molar-refractivity contribution in [3.63, 3.8) is 0 Å². The van der Waals surface area contributed by atoms with Crippen molar-refractivity contribution in [2.24, 2.45) is 0 Å². The number of carbonyl (C=O) groups is 1. The van der Waals surface area contributed by atoms with E-state index in [1.807, 2.05) is 20.8 Å². The average molecular weight is 256 g/mol. The number of nitrogens with zero attached hydrogens (tertiary/aromatic N) is 1. The molecule has 0 spiro atoms. The molecule has 1 aromatic carbocycles. The Morgan fingerprint density at radius 2 is 1.94 bits per heavy atom. The van der Waals surface area contributed by atoms with Gasteiger partial charge in [-0.15, -0.1) is 0 Å². The summed E-state index contributed by atoms with van der Waals surface area (Å²) >= 11 is 0. The first-order valence-electron chi connectivity index (χ1n) is 5.74. The summed E-state index contributed by atoms with van der Waals surface area (Å²) in [6.07, 6.45) is 0.667. The van der Waals surface area contributed by atoms with Crippen molar-refractivity contribution >= 4 is 11.6 Å². The third-order valence-corrected chi connectivity index (χ3v) is 3.41. The van der Waals surface area contributed by atoms with Crippen molar-refractivity contribution < 1.29 is 13.6 Å². The van der Waals surface area contributed by atoms with Crippen molar-refractivity contribution in [3.8, 4) is 0 Å². The summed E-state index contributed by atoms with van der Waals surface area (Å²) in [6.45, 7) is 5.55. The Kier molecular flexibility index (Phi) is 3.94. The van der Waals surface area contributed by atoms with Gasteiger partial charge in [0.05, 0.1) is 5.69 Å². The molecule has 1 aromatic rings. The number of hydrogen-bond donors (Lipinski definition) is 1. The summed E-state index contributed by atoms with van der Waals surface area (Å²) in [4.78, 5) is 13.5. The molecule has 3 nitrogen and oxygen atoms in total. The van der Waals surface area contributed by atoms with Crippen LogP contribution in [-0.4, -0.2) is 23.4 Å². The Bertz CT molecular complexity index is 472. The van der Waals surface area contributed by atoms with Gasteiger partial charge >= 0.3 is 0 Å². The van der Waals surface area contributed by atoms with E-state index >= 15 is 0 Å². The van der Waals surface area contributed by atoms with Crippen LogP contribution in [0.3, 0.4) is 0 Å². The van der Waals surface area contributed by atoms with E-state index in [4.69, 9.17) is 5.73 Å². The molecular weight excluding hydrogens is 238 g/mol. The Balaban J connectivity index is 3.24. The third-order valence-electron chi connectivity index (χ3n) is 3.41. The number of amides is 1. The minimum Gasteiger partial charge on any atom is -0.396 e. The highest BCUT2D eigenvalue weighted by molar-refractivity contribution is 5.96. The molecule has 2 N–H and O–H groups in total. The molecule has 1 amide bonds. The fourth-order valence-electron chi connectivity index (χ4n) is 1.44. The molecule has 0 unspecified atom stereocenters. The lowest BCUT2D eigenvalue weighted by Gasteiger charge is -2.35. The van der Waals surface area contributed by atoms with Crippen molar-refractivity contribution in [3.05, 3.63) is 29.3 Å². The standard InChI is InChI=1S/C13H18F2N2O/c1-5-13(2,3)17(4)12(18)10-8(14)6-7-9(16)11(10)15/h6-7H,5,16H2,1-4H3. The summed E-state index contributed by atoms with van der Waals surface area (Å²) in [6, 6.07) is 2.10. The predicted octanol–water partition coefficient (Wildman–Crippen LogP) is 2.81. The first-order chi connectivity index (χ1) is 8.22. The van der Waals surface area contributed by atoms with Crippen molar-refractivity contribution in [1.29, 1.82) is 0 Å². The predicted molar refractivity (Wildman–Crippen MR) is 67.2 cm³/mol. The molecule has 0 fully saturated rings. The number of benzene rings is 1. The zero-order chi connectivity index (χ0) is 14.1. The molecule has 0 heterocycles. The lowest BCUT2D eigenvalue weighted by molar-refractivity contribution is 0.0610. The van der Waals surface area contributed by atoms with Crippen LogP contribution in [0.2, 0.25) is 0 Å². The average Bonchev–Trinajstić information content (AvgIpc) is 2.33. The van der Waals surface area contributed by atoms with Gasteiger partial charge in [0.2, 0.25) is 0 Å². The summed E-state index contributed by atoms with van der Waals surface area (Å²) in [5.74, 6) is -2.60. The molecule has 0 bridgehead atoms. The highest BCUT2D eigenvalue weighted by Gasteiger charge is 2.30. The largest absolute Gasteiger partial charge is 0.396 e. The van der Waals surface area contributed by atoms with Gasteiger partial charge in [0.1, 0.15) is 11.4 Å². The maximum Gasteiger partial charge on any atom is 0.260 e. The molecule has 18 heavy (non-hydrogen) atoms. The van der Waals surface area contributed by atoms with Crippen LogP contribution >= 0.6 is 0 Å². The number of anilines is 1. The summed E-state index contributed by atoms with van der Waals surface area (Å²) in [7, 11) is 1.52. The molecule has 0 radical (unpaired) electrons. The van der Waals surface area contributed by atoms with Gasteiger partial charge in [-0.05, 0) is 32.4 Å². The number of rotatable bonds is 3. The van der Waals surface area contributed by atoms with Crippen LogP contribution < -0.4 is 5.73 Å². The monoisotopic (exact) mass is 256 g/mol. The quantitative estimate of drug-likeness (QED) is 0.845. The normalized spacial score (nSPS) is 11.4. The fourth-order valence-corrected chi connectivity index (χ4v) is 1.44. The van der Waals surface area contributed by atoms with Gasteiger partial charge in [0, 0.05) is 12.6 Å². The Labute approximate surface area is 106 Å². The summed E-state index contributed by atoms with van der Waals surface area (Å²) in [5, 5.41) is 0. The number of nitrogens with two attached hydrogens (primary N) is 1. The second-order valence-electron chi connectivity index (χ2n) is 4.86. The highest BCUT2D eigenvalue weighted by atomic mass is 19.1. The highest BCUT2D eigenvalue weighted by Crippen LogP contribution is 2.24. The first kappa shape index (κ1) is 14.4. The molecule has 0 aromatic heterocycles. The smallest absolute Gasteiger partial charge is 0.260 e. The van der Waals surface area contributed by atoms with E-state index in [0.29, 0.717) is 6.42 Å². The van der Waals surface area contributed by atoms with E-state index in [9.17, 15) is 13.6 Å². The number of nitrogen functional groups attached to an aromatic ring is 1. The SMILES string of the molecule is CCC(C)(C)N(C)C(=O)c1c(F)ccc(N)c1F. The van der Waals surface area contributed by atoms with Gasteiger partial charge in [-0.1, -0.05) is 6.92 Å². The lowest BCUT2D eigenvalue weighted by Crippen LogP contribution is -2.45. The van der Waals surface area contributed by atoms with Gasteiger partial charge in [-0.2, -0.15) is 0 Å². The molecular formula is C13H18F2N2O. The zero-order valence-electron chi connectivity index (χ0n) is 11.1. The second kappa shape index (κ2) is 4.92. The van der Waals surface area contributed by atoms with Crippen LogP contribution in [-0.2, 0) is 0 Å². The first-order valence-corrected chi connectivity index (χ1v) is 5.74. The molecule has 100 valence electrons. The van der Waals surface area contributed by atoms with E-state index in [-0.39, 0.29) is 5.69 Å². The van der Waals surface area contributed by atoms with Crippen molar-refractivity contribution in [2.75, 3.05) is 12.8 Å². The number of halogens is 2. The number of carbonyl (C=O) groups excluding carboxylic acids is 1. The summed E-state index contributed by atoms with van der Waals surface area (Å²) in [5.41, 5.74) is 4.04. The van der Waals surface area contributed by atoms with Crippen LogP contribution in [0.15, 0.2) is 12.1 Å². The van der Waals surface area contributed by atoms with Crippen molar-refractivity contribution in [2.45, 2.75) is 32.7 Å². The van der Waals surface area contributed by atoms with E-state index in [0.717, 1.165) is 12.1 Å². The van der Waals surface area contributed by atoms with Crippen molar-refractivity contribution in [1.82, 2.24) is 4.90 Å². The van der Waals surface area contributed by atoms with Crippen LogP contribution in [0.1, 0.15) is 37.6 Å². The summed E-state index contributed by atoms with van der Waals surface area (Å²) < 4.78 is 27.3. The van der Waals surface area contributed by atoms with Gasteiger partial charge < -0.3 is 10.6 Å². The van der Waals surface area contributed by atoms with Crippen LogP contribution in [0.25, 0.3) is 0 Å². The van der Waals surface area contributed by atoms with Crippen LogP contribution in [0.4, 0.5) is 14.5 Å². The molecule has 0 aliphatic rings. The molecule has 0 aliphatic heterocycles. The molecule has 0 saturated heterocycles. The molecule has 1 rings (SSSR count). The van der Waals surface area contributed by atoms with E-state index < -0.39 is 28.6 Å². The van der Waals surface area contributed by atoms with Crippen LogP contribution in [0, 0.1) is 11.6 Å². The fraction of sp³-hybridized carbons (Fsp3) is 0.462. The van der Waals surface area contributed by atoms with Gasteiger partial charge in [-0.25, -0.2) is 8.78 Å². The van der Waals surface area contributed by atoms with Crippen LogP contribution in [0.5, 0.6) is 0 Å². The lowest BCUT2D eigenvalue weighted by atomic mass is 9.98. The van der Waals surface area contributed by atoms with Gasteiger partial charge in [-0.3, -0.25) is 4.79 Å². The zero-order valence-corrected chi connectivity index (χ0v) is 11.1. The van der Waals surface area contributed by atoms with Gasteiger partial charge in [0.25, 0.3) is 5.91 Å². The Hall–Kier alpha value is -1.65. The molecule has 0 atom stereocenters. The van der Waals surface area contributed by atoms with Gasteiger partial charge in [0.15, 0.2) is 5.82 Å². The molecule has 0 aliphatic carbocycles. The molecule has 5 heteroatoms. The van der Waals surface area contributed by atoms with E-state index in [1.54, 1.807) is 0 Å². The number of hydrogen-bond acceptors (Lipinski definition) is 2. The Morgan fingerprint density at radius 3 is 2.44 bits per heavy atom.